The van der Waals surface area contributed by atoms with E-state index in [1.54, 1.807) is 24.3 Å². The zero-order chi connectivity index (χ0) is 16.4. The summed E-state index contributed by atoms with van der Waals surface area (Å²) in [4.78, 5) is 36.2. The third-order valence-corrected chi connectivity index (χ3v) is 3.56. The van der Waals surface area contributed by atoms with Crippen molar-refractivity contribution in [2.75, 3.05) is 5.32 Å². The van der Waals surface area contributed by atoms with E-state index in [-0.39, 0.29) is 16.8 Å². The smallest absolute Gasteiger partial charge is 0.274 e. The van der Waals surface area contributed by atoms with Gasteiger partial charge in [0, 0.05) is 5.56 Å². The molecule has 2 aromatic rings. The van der Waals surface area contributed by atoms with Crippen LogP contribution in [0.25, 0.3) is 0 Å². The lowest BCUT2D eigenvalue weighted by Crippen LogP contribution is -2.33. The normalized spacial score (nSPS) is 16.7. The maximum Gasteiger partial charge on any atom is 0.274 e. The van der Waals surface area contributed by atoms with Gasteiger partial charge in [-0.15, -0.1) is 0 Å². The third kappa shape index (κ3) is 2.77. The van der Waals surface area contributed by atoms with Crippen molar-refractivity contribution in [3.8, 4) is 0 Å². The average molecular weight is 311 g/mol. The maximum atomic E-state index is 12.4. The Hall–Kier alpha value is -3.19. The van der Waals surface area contributed by atoms with Crippen LogP contribution < -0.4 is 16.1 Å². The summed E-state index contributed by atoms with van der Waals surface area (Å²) < 4.78 is 0. The van der Waals surface area contributed by atoms with Gasteiger partial charge in [-0.25, -0.2) is 5.48 Å². The van der Waals surface area contributed by atoms with Gasteiger partial charge in [0.05, 0.1) is 11.3 Å². The molecule has 7 heteroatoms. The van der Waals surface area contributed by atoms with Crippen LogP contribution in [0.4, 0.5) is 5.69 Å². The van der Waals surface area contributed by atoms with E-state index in [0.717, 1.165) is 0 Å². The second kappa shape index (κ2) is 5.90. The first-order valence-corrected chi connectivity index (χ1v) is 6.85. The molecule has 0 saturated carbocycles. The van der Waals surface area contributed by atoms with Gasteiger partial charge in [-0.1, -0.05) is 30.3 Å². The van der Waals surface area contributed by atoms with E-state index in [9.17, 15) is 14.4 Å². The van der Waals surface area contributed by atoms with Crippen LogP contribution in [0.2, 0.25) is 0 Å². The lowest BCUT2D eigenvalue weighted by molar-refractivity contribution is -0.118. The molecule has 2 aromatic carbocycles. The van der Waals surface area contributed by atoms with Gasteiger partial charge >= 0.3 is 0 Å². The monoisotopic (exact) mass is 311 g/mol. The first-order valence-electron chi connectivity index (χ1n) is 6.85. The van der Waals surface area contributed by atoms with Crippen LogP contribution in [0.1, 0.15) is 32.3 Å². The van der Waals surface area contributed by atoms with Crippen molar-refractivity contribution in [3.63, 3.8) is 0 Å². The fraction of sp³-hybridized carbons (Fsp3) is 0.0625. The van der Waals surface area contributed by atoms with E-state index in [2.05, 4.69) is 10.6 Å². The zero-order valence-electron chi connectivity index (χ0n) is 11.9. The number of rotatable bonds is 2. The van der Waals surface area contributed by atoms with Crippen molar-refractivity contribution in [3.05, 3.63) is 65.2 Å². The van der Waals surface area contributed by atoms with Gasteiger partial charge in [0.2, 0.25) is 0 Å². The Kier molecular flexibility index (Phi) is 3.78. The lowest BCUT2D eigenvalue weighted by atomic mass is 10.1. The highest BCUT2D eigenvalue weighted by atomic mass is 16.5. The molecule has 23 heavy (non-hydrogen) atoms. The molecule has 3 rings (SSSR count). The molecule has 0 saturated heterocycles. The minimum Gasteiger partial charge on any atom is -0.336 e. The third-order valence-electron chi connectivity index (χ3n) is 3.56. The summed E-state index contributed by atoms with van der Waals surface area (Å²) in [5.41, 5.74) is 2.74. The highest BCUT2D eigenvalue weighted by Crippen LogP contribution is 2.25. The molecule has 0 spiro atoms. The fourth-order valence-electron chi connectivity index (χ4n) is 2.41. The molecule has 1 atom stereocenters. The second-order valence-corrected chi connectivity index (χ2v) is 5.01. The molecule has 7 nitrogen and oxygen atoms in total. The Bertz CT molecular complexity index is 789. The van der Waals surface area contributed by atoms with Crippen LogP contribution in [0.5, 0.6) is 0 Å². The summed E-state index contributed by atoms with van der Waals surface area (Å²) in [5, 5.41) is 14.0. The molecule has 0 aliphatic carbocycles. The average Bonchev–Trinajstić information content (AvgIpc) is 2.71. The highest BCUT2D eigenvalue weighted by molar-refractivity contribution is 6.11. The molecule has 1 aliphatic rings. The van der Waals surface area contributed by atoms with Crippen LogP contribution in [0.15, 0.2) is 48.5 Å². The molecule has 4 N–H and O–H groups in total. The quantitative estimate of drug-likeness (QED) is 0.494. The van der Waals surface area contributed by atoms with Gasteiger partial charge in [0.1, 0.15) is 6.04 Å². The molecule has 0 aromatic heterocycles. The number of carbonyl (C=O) groups excluding carboxylic acids is 3. The Balaban J connectivity index is 1.99. The van der Waals surface area contributed by atoms with Crippen LogP contribution in [0, 0.1) is 0 Å². The first kappa shape index (κ1) is 14.7. The van der Waals surface area contributed by atoms with Crippen LogP contribution in [-0.4, -0.2) is 22.9 Å². The van der Waals surface area contributed by atoms with Gasteiger partial charge in [-0.2, -0.15) is 0 Å². The molecule has 1 aliphatic heterocycles. The summed E-state index contributed by atoms with van der Waals surface area (Å²) >= 11 is 0. The van der Waals surface area contributed by atoms with Gasteiger partial charge in [0.25, 0.3) is 17.7 Å². The fourth-order valence-corrected chi connectivity index (χ4v) is 2.41. The predicted octanol–water partition coefficient (Wildman–Crippen LogP) is 1.23. The van der Waals surface area contributed by atoms with E-state index < -0.39 is 23.8 Å². The summed E-state index contributed by atoms with van der Waals surface area (Å²) in [6, 6.07) is 12.2. The molecule has 1 heterocycles. The van der Waals surface area contributed by atoms with Gasteiger partial charge in [0.15, 0.2) is 0 Å². The second-order valence-electron chi connectivity index (χ2n) is 5.01. The Morgan fingerprint density at radius 1 is 1.09 bits per heavy atom. The number of hydrogen-bond donors (Lipinski definition) is 4. The van der Waals surface area contributed by atoms with E-state index in [0.29, 0.717) is 5.56 Å². The highest BCUT2D eigenvalue weighted by Gasteiger charge is 2.29. The molecule has 0 bridgehead atoms. The Morgan fingerprint density at radius 3 is 2.52 bits per heavy atom. The number of nitrogens with one attached hydrogen (secondary N) is 3. The van der Waals surface area contributed by atoms with Crippen molar-refractivity contribution in [2.45, 2.75) is 6.04 Å². The number of hydroxylamine groups is 1. The van der Waals surface area contributed by atoms with Crippen LogP contribution >= 0.6 is 0 Å². The lowest BCUT2D eigenvalue weighted by Gasteiger charge is -2.14. The summed E-state index contributed by atoms with van der Waals surface area (Å²) in [6.07, 6.45) is 0. The number of hydrogen-bond acceptors (Lipinski definition) is 4. The number of fused-ring (bicyclic) bond motifs is 1. The standard InChI is InChI=1S/C16H13N3O4/c20-14(19-23)10-6-7-11-12(8-10)17-16(22)13(18-15(11)21)9-4-2-1-3-5-9/h1-8,13,23H,(H,17,22)(H,18,21)(H,19,20). The number of carbonyl (C=O) groups is 3. The maximum absolute atomic E-state index is 12.4. The van der Waals surface area contributed by atoms with E-state index in [1.807, 2.05) is 6.07 Å². The van der Waals surface area contributed by atoms with E-state index in [4.69, 9.17) is 5.21 Å². The molecule has 1 unspecified atom stereocenters. The molecule has 0 fully saturated rings. The minimum atomic E-state index is -0.828. The van der Waals surface area contributed by atoms with E-state index >= 15 is 0 Å². The topological polar surface area (TPSA) is 108 Å². The zero-order valence-corrected chi connectivity index (χ0v) is 11.9. The van der Waals surface area contributed by atoms with Crippen LogP contribution in [0.3, 0.4) is 0 Å². The number of amides is 3. The molecule has 3 amide bonds. The number of anilines is 1. The predicted molar refractivity (Wildman–Crippen MR) is 81.0 cm³/mol. The minimum absolute atomic E-state index is 0.123. The van der Waals surface area contributed by atoms with Crippen molar-refractivity contribution < 1.29 is 19.6 Å². The molecular formula is C16H13N3O4. The summed E-state index contributed by atoms with van der Waals surface area (Å²) in [7, 11) is 0. The van der Waals surface area contributed by atoms with Crippen LogP contribution in [-0.2, 0) is 4.79 Å². The van der Waals surface area contributed by atoms with E-state index in [1.165, 1.54) is 23.7 Å². The van der Waals surface area contributed by atoms with Gasteiger partial charge < -0.3 is 10.6 Å². The first-order chi connectivity index (χ1) is 11.1. The molecule has 116 valence electrons. The largest absolute Gasteiger partial charge is 0.336 e. The molecular weight excluding hydrogens is 298 g/mol. The van der Waals surface area contributed by atoms with Crippen molar-refractivity contribution >= 4 is 23.4 Å². The van der Waals surface area contributed by atoms with Crippen molar-refractivity contribution in [1.29, 1.82) is 0 Å². The van der Waals surface area contributed by atoms with Crippen molar-refractivity contribution in [2.24, 2.45) is 0 Å². The Morgan fingerprint density at radius 2 is 1.83 bits per heavy atom. The Labute approximate surface area is 131 Å². The van der Waals surface area contributed by atoms with Crippen molar-refractivity contribution in [1.82, 2.24) is 10.8 Å². The summed E-state index contributed by atoms with van der Waals surface area (Å²) in [5.74, 6) is -1.57. The summed E-state index contributed by atoms with van der Waals surface area (Å²) in [6.45, 7) is 0. The molecule has 0 radical (unpaired) electrons. The van der Waals surface area contributed by atoms with Gasteiger partial charge in [-0.3, -0.25) is 19.6 Å². The SMILES string of the molecule is O=C(NO)c1ccc2c(c1)NC(=O)C(c1ccccc1)NC2=O. The van der Waals surface area contributed by atoms with Gasteiger partial charge in [-0.05, 0) is 23.8 Å². The number of benzene rings is 2.